The minimum atomic E-state index is -1.21. The predicted molar refractivity (Wildman–Crippen MR) is 56.0 cm³/mol. The van der Waals surface area contributed by atoms with Gasteiger partial charge in [-0.1, -0.05) is 0 Å². The smallest absolute Gasteiger partial charge is 0.176 e. The lowest BCUT2D eigenvalue weighted by Gasteiger charge is -2.19. The van der Waals surface area contributed by atoms with Crippen LogP contribution >= 0.6 is 15.9 Å². The van der Waals surface area contributed by atoms with E-state index >= 15 is 0 Å². The second-order valence-corrected chi connectivity index (χ2v) is 4.92. The van der Waals surface area contributed by atoms with Gasteiger partial charge in [-0.15, -0.1) is 0 Å². The van der Waals surface area contributed by atoms with Crippen molar-refractivity contribution in [2.45, 2.75) is 25.8 Å². The summed E-state index contributed by atoms with van der Waals surface area (Å²) in [5.74, 6) is -3.09. The number of benzene rings is 1. The zero-order valence-electron chi connectivity index (χ0n) is 8.37. The molecule has 0 saturated heterocycles. The summed E-state index contributed by atoms with van der Waals surface area (Å²) in [5.41, 5.74) is 4.88. The number of hydrogen-bond acceptors (Lipinski definition) is 1. The van der Waals surface area contributed by atoms with E-state index in [2.05, 4.69) is 15.9 Å². The lowest BCUT2D eigenvalue weighted by atomic mass is 9.96. The minimum Gasteiger partial charge on any atom is -0.325 e. The Hall–Kier alpha value is -0.550. The van der Waals surface area contributed by atoms with Gasteiger partial charge < -0.3 is 5.73 Å². The third-order valence-corrected chi connectivity index (χ3v) is 2.55. The van der Waals surface area contributed by atoms with E-state index in [0.29, 0.717) is 0 Å². The van der Waals surface area contributed by atoms with Crippen LogP contribution in [0, 0.1) is 17.5 Å². The molecule has 0 aliphatic rings. The normalized spacial score (nSPS) is 11.9. The van der Waals surface area contributed by atoms with E-state index in [1.54, 1.807) is 13.8 Å². The Morgan fingerprint density at radius 3 is 2.27 bits per heavy atom. The lowest BCUT2D eigenvalue weighted by Crippen LogP contribution is -2.34. The minimum absolute atomic E-state index is 0.0549. The average Bonchev–Trinajstić information content (AvgIpc) is 2.08. The Morgan fingerprint density at radius 2 is 1.80 bits per heavy atom. The Labute approximate surface area is 94.6 Å². The fourth-order valence-electron chi connectivity index (χ4n) is 1.24. The maximum absolute atomic E-state index is 13.3. The molecule has 0 aromatic heterocycles. The number of nitrogens with two attached hydrogens (primary N) is 1. The SMILES string of the molecule is CC(C)(N)Cc1cc(F)c(Br)c(F)c1F. The molecule has 1 aromatic carbocycles. The maximum Gasteiger partial charge on any atom is 0.176 e. The first-order chi connectivity index (χ1) is 6.72. The lowest BCUT2D eigenvalue weighted by molar-refractivity contribution is 0.452. The summed E-state index contributed by atoms with van der Waals surface area (Å²) < 4.78 is 39.1. The molecule has 0 heterocycles. The largest absolute Gasteiger partial charge is 0.325 e. The molecule has 1 nitrogen and oxygen atoms in total. The van der Waals surface area contributed by atoms with E-state index < -0.39 is 27.5 Å². The van der Waals surface area contributed by atoms with Gasteiger partial charge in [0, 0.05) is 5.54 Å². The van der Waals surface area contributed by atoms with Gasteiger partial charge >= 0.3 is 0 Å². The molecular formula is C10H11BrF3N. The van der Waals surface area contributed by atoms with Gasteiger partial charge in [0.25, 0.3) is 0 Å². The fraction of sp³-hybridized carbons (Fsp3) is 0.400. The molecule has 0 aliphatic carbocycles. The van der Waals surface area contributed by atoms with Crippen LogP contribution in [0.4, 0.5) is 13.2 Å². The summed E-state index contributed by atoms with van der Waals surface area (Å²) in [7, 11) is 0. The molecule has 2 N–H and O–H groups in total. The average molecular weight is 282 g/mol. The molecule has 0 amide bonds. The topological polar surface area (TPSA) is 26.0 Å². The number of rotatable bonds is 2. The van der Waals surface area contributed by atoms with Crippen LogP contribution in [0.2, 0.25) is 0 Å². The Morgan fingerprint density at radius 1 is 1.27 bits per heavy atom. The van der Waals surface area contributed by atoms with Gasteiger partial charge in [0.15, 0.2) is 11.6 Å². The van der Waals surface area contributed by atoms with Crippen LogP contribution in [0.5, 0.6) is 0 Å². The standard InChI is InChI=1S/C10H11BrF3N/c1-10(2,15)4-5-3-6(12)7(11)9(14)8(5)13/h3H,4,15H2,1-2H3. The van der Waals surface area contributed by atoms with E-state index in [1.165, 1.54) is 0 Å². The van der Waals surface area contributed by atoms with E-state index in [-0.39, 0.29) is 12.0 Å². The highest BCUT2D eigenvalue weighted by Gasteiger charge is 2.21. The second kappa shape index (κ2) is 4.14. The molecule has 0 spiro atoms. The molecule has 5 heteroatoms. The van der Waals surface area contributed by atoms with Crippen LogP contribution in [0.15, 0.2) is 10.5 Å². The highest BCUT2D eigenvalue weighted by atomic mass is 79.9. The van der Waals surface area contributed by atoms with Crippen LogP contribution < -0.4 is 5.73 Å². The summed E-state index contributed by atoms with van der Waals surface area (Å²) in [4.78, 5) is 0. The quantitative estimate of drug-likeness (QED) is 0.654. The first kappa shape index (κ1) is 12.5. The van der Waals surface area contributed by atoms with E-state index in [0.717, 1.165) is 6.07 Å². The van der Waals surface area contributed by atoms with Gasteiger partial charge in [-0.2, -0.15) is 0 Å². The van der Waals surface area contributed by atoms with Crippen LogP contribution in [-0.2, 0) is 6.42 Å². The Balaban J connectivity index is 3.21. The fourth-order valence-corrected chi connectivity index (χ4v) is 1.53. The zero-order chi connectivity index (χ0) is 11.8. The van der Waals surface area contributed by atoms with E-state index in [4.69, 9.17) is 5.73 Å². The second-order valence-electron chi connectivity index (χ2n) is 4.12. The van der Waals surface area contributed by atoms with Crippen molar-refractivity contribution in [3.8, 4) is 0 Å². The van der Waals surface area contributed by atoms with Crippen molar-refractivity contribution in [3.63, 3.8) is 0 Å². The van der Waals surface area contributed by atoms with Gasteiger partial charge in [0.2, 0.25) is 0 Å². The predicted octanol–water partition coefficient (Wildman–Crippen LogP) is 3.15. The molecule has 1 aromatic rings. The third-order valence-electron chi connectivity index (χ3n) is 1.82. The van der Waals surface area contributed by atoms with Crippen LogP contribution in [0.1, 0.15) is 19.4 Å². The first-order valence-corrected chi connectivity index (χ1v) is 5.12. The van der Waals surface area contributed by atoms with Crippen molar-refractivity contribution >= 4 is 15.9 Å². The summed E-state index contributed by atoms with van der Waals surface area (Å²) in [5, 5.41) is 0. The van der Waals surface area contributed by atoms with E-state index in [1.807, 2.05) is 0 Å². The van der Waals surface area contributed by atoms with Crippen molar-refractivity contribution in [3.05, 3.63) is 33.6 Å². The van der Waals surface area contributed by atoms with Gasteiger partial charge in [-0.25, -0.2) is 13.2 Å². The number of halogens is 4. The molecular weight excluding hydrogens is 271 g/mol. The summed E-state index contributed by atoms with van der Waals surface area (Å²) >= 11 is 2.62. The van der Waals surface area contributed by atoms with Crippen LogP contribution in [-0.4, -0.2) is 5.54 Å². The maximum atomic E-state index is 13.3. The molecule has 0 unspecified atom stereocenters. The van der Waals surface area contributed by atoms with Gasteiger partial charge in [-0.05, 0) is 47.8 Å². The van der Waals surface area contributed by atoms with Crippen molar-refractivity contribution < 1.29 is 13.2 Å². The number of hydrogen-bond donors (Lipinski definition) is 1. The first-order valence-electron chi connectivity index (χ1n) is 4.33. The summed E-state index contributed by atoms with van der Waals surface area (Å²) in [6, 6.07) is 0.955. The monoisotopic (exact) mass is 281 g/mol. The van der Waals surface area contributed by atoms with Crippen molar-refractivity contribution in [1.29, 1.82) is 0 Å². The van der Waals surface area contributed by atoms with Crippen molar-refractivity contribution in [2.24, 2.45) is 5.73 Å². The molecule has 84 valence electrons. The van der Waals surface area contributed by atoms with Crippen molar-refractivity contribution in [1.82, 2.24) is 0 Å². The van der Waals surface area contributed by atoms with Crippen LogP contribution in [0.3, 0.4) is 0 Å². The Kier molecular flexibility index (Phi) is 3.45. The van der Waals surface area contributed by atoms with E-state index in [9.17, 15) is 13.2 Å². The van der Waals surface area contributed by atoms with Gasteiger partial charge in [-0.3, -0.25) is 0 Å². The Bertz CT molecular complexity index is 385. The van der Waals surface area contributed by atoms with Gasteiger partial charge in [0.05, 0.1) is 4.47 Å². The summed E-state index contributed by atoms with van der Waals surface area (Å²) in [6.07, 6.45) is 0.0694. The molecule has 0 bridgehead atoms. The highest BCUT2D eigenvalue weighted by molar-refractivity contribution is 9.10. The summed E-state index contributed by atoms with van der Waals surface area (Å²) in [6.45, 7) is 3.31. The third kappa shape index (κ3) is 2.95. The molecule has 0 saturated carbocycles. The zero-order valence-corrected chi connectivity index (χ0v) is 9.96. The molecule has 0 aliphatic heterocycles. The van der Waals surface area contributed by atoms with Crippen LogP contribution in [0.25, 0.3) is 0 Å². The highest BCUT2D eigenvalue weighted by Crippen LogP contribution is 2.26. The molecule has 1 rings (SSSR count). The van der Waals surface area contributed by atoms with Crippen molar-refractivity contribution in [2.75, 3.05) is 0 Å². The molecule has 0 radical (unpaired) electrons. The molecule has 0 atom stereocenters. The molecule has 0 fully saturated rings. The van der Waals surface area contributed by atoms with Gasteiger partial charge in [0.1, 0.15) is 5.82 Å². The molecule has 15 heavy (non-hydrogen) atoms.